The Morgan fingerprint density at radius 2 is 1.73 bits per heavy atom. The molecule has 0 rings (SSSR count). The first-order valence-electron chi connectivity index (χ1n) is 4.34. The van der Waals surface area contributed by atoms with E-state index in [9.17, 15) is 0 Å². The van der Waals surface area contributed by atoms with E-state index in [0.29, 0.717) is 0 Å². The predicted molar refractivity (Wildman–Crippen MR) is 51.5 cm³/mol. The van der Waals surface area contributed by atoms with Crippen molar-refractivity contribution in [2.45, 2.75) is 27.7 Å². The zero-order valence-corrected chi connectivity index (χ0v) is 8.09. The summed E-state index contributed by atoms with van der Waals surface area (Å²) < 4.78 is 0. The van der Waals surface area contributed by atoms with Crippen molar-refractivity contribution in [3.63, 3.8) is 0 Å². The second kappa shape index (κ2) is 6.02. The maximum atomic E-state index is 2.33. The molecule has 0 atom stereocenters. The first kappa shape index (κ1) is 10.3. The standard InChI is InChI=1S/C10H19N/c1-5-9-10(6-2)11(7-3)8-4/h5-6,9H,7-8H2,1-4H3/b9-5-,10-6+. The van der Waals surface area contributed by atoms with Gasteiger partial charge in [-0.15, -0.1) is 0 Å². The smallest absolute Gasteiger partial charge is 0.0319 e. The molecule has 1 heteroatoms. The Morgan fingerprint density at radius 1 is 1.18 bits per heavy atom. The molecule has 0 radical (unpaired) electrons. The van der Waals surface area contributed by atoms with Crippen LogP contribution in [0.3, 0.4) is 0 Å². The van der Waals surface area contributed by atoms with Gasteiger partial charge in [-0.25, -0.2) is 0 Å². The van der Waals surface area contributed by atoms with Gasteiger partial charge in [0.25, 0.3) is 0 Å². The van der Waals surface area contributed by atoms with Gasteiger partial charge in [0, 0.05) is 18.8 Å². The summed E-state index contributed by atoms with van der Waals surface area (Å²) in [6.07, 6.45) is 6.37. The molecule has 1 nitrogen and oxygen atoms in total. The molecule has 0 aromatic heterocycles. The summed E-state index contributed by atoms with van der Waals surface area (Å²) in [7, 11) is 0. The van der Waals surface area contributed by atoms with E-state index in [0.717, 1.165) is 13.1 Å². The third-order valence-electron chi connectivity index (χ3n) is 1.76. The molecule has 0 aromatic carbocycles. The van der Waals surface area contributed by atoms with Crippen LogP contribution in [0.25, 0.3) is 0 Å². The van der Waals surface area contributed by atoms with Crippen LogP contribution in [0.15, 0.2) is 23.9 Å². The van der Waals surface area contributed by atoms with Crippen LogP contribution in [0.2, 0.25) is 0 Å². The predicted octanol–water partition coefficient (Wildman–Crippen LogP) is 2.81. The number of hydrogen-bond acceptors (Lipinski definition) is 1. The molecule has 0 amide bonds. The second-order valence-corrected chi connectivity index (χ2v) is 2.39. The van der Waals surface area contributed by atoms with E-state index in [-0.39, 0.29) is 0 Å². The Hall–Kier alpha value is -0.720. The van der Waals surface area contributed by atoms with Gasteiger partial charge in [0.05, 0.1) is 0 Å². The van der Waals surface area contributed by atoms with Crippen molar-refractivity contribution in [1.82, 2.24) is 4.90 Å². The van der Waals surface area contributed by atoms with Gasteiger partial charge in [-0.2, -0.15) is 0 Å². The number of allylic oxidation sites excluding steroid dienone is 3. The highest BCUT2D eigenvalue weighted by Crippen LogP contribution is 2.04. The van der Waals surface area contributed by atoms with E-state index in [1.54, 1.807) is 0 Å². The van der Waals surface area contributed by atoms with Crippen LogP contribution in [0, 0.1) is 0 Å². The lowest BCUT2D eigenvalue weighted by molar-refractivity contribution is 0.394. The fraction of sp³-hybridized carbons (Fsp3) is 0.600. The van der Waals surface area contributed by atoms with Crippen molar-refractivity contribution in [1.29, 1.82) is 0 Å². The maximum absolute atomic E-state index is 2.33. The number of rotatable bonds is 4. The zero-order chi connectivity index (χ0) is 8.69. The lowest BCUT2D eigenvalue weighted by Crippen LogP contribution is -2.20. The molecule has 0 spiro atoms. The van der Waals surface area contributed by atoms with Gasteiger partial charge in [-0.05, 0) is 33.8 Å². The molecule has 0 aliphatic carbocycles. The normalized spacial score (nSPS) is 12.5. The van der Waals surface area contributed by atoms with Crippen molar-refractivity contribution < 1.29 is 0 Å². The minimum atomic E-state index is 1.08. The summed E-state index contributed by atoms with van der Waals surface area (Å²) in [6.45, 7) is 10.6. The zero-order valence-electron chi connectivity index (χ0n) is 8.09. The highest BCUT2D eigenvalue weighted by Gasteiger charge is 1.98. The van der Waals surface area contributed by atoms with E-state index in [1.807, 2.05) is 6.92 Å². The van der Waals surface area contributed by atoms with E-state index in [4.69, 9.17) is 0 Å². The van der Waals surface area contributed by atoms with Crippen LogP contribution >= 0.6 is 0 Å². The molecule has 0 aliphatic heterocycles. The van der Waals surface area contributed by atoms with E-state index < -0.39 is 0 Å². The minimum Gasteiger partial charge on any atom is -0.372 e. The summed E-state index contributed by atoms with van der Waals surface area (Å²) >= 11 is 0. The van der Waals surface area contributed by atoms with Crippen molar-refractivity contribution in [2.75, 3.05) is 13.1 Å². The van der Waals surface area contributed by atoms with E-state index in [2.05, 4.69) is 43.9 Å². The molecule has 0 saturated heterocycles. The Labute approximate surface area is 70.4 Å². The Kier molecular flexibility index (Phi) is 5.63. The molecule has 0 aromatic rings. The van der Waals surface area contributed by atoms with Crippen LogP contribution in [-0.4, -0.2) is 18.0 Å². The Bertz CT molecular complexity index is 141. The Morgan fingerprint density at radius 3 is 2.00 bits per heavy atom. The van der Waals surface area contributed by atoms with Gasteiger partial charge in [0.1, 0.15) is 0 Å². The van der Waals surface area contributed by atoms with Crippen molar-refractivity contribution in [2.24, 2.45) is 0 Å². The second-order valence-electron chi connectivity index (χ2n) is 2.39. The molecular formula is C10H19N. The fourth-order valence-corrected chi connectivity index (χ4v) is 1.14. The Balaban J connectivity index is 4.22. The molecular weight excluding hydrogens is 134 g/mol. The van der Waals surface area contributed by atoms with Crippen LogP contribution in [-0.2, 0) is 0 Å². The summed E-state index contributed by atoms with van der Waals surface area (Å²) in [5, 5.41) is 0. The van der Waals surface area contributed by atoms with Gasteiger partial charge in [0.15, 0.2) is 0 Å². The average molecular weight is 153 g/mol. The van der Waals surface area contributed by atoms with Crippen LogP contribution < -0.4 is 0 Å². The van der Waals surface area contributed by atoms with E-state index >= 15 is 0 Å². The molecule has 0 unspecified atom stereocenters. The highest BCUT2D eigenvalue weighted by atomic mass is 15.1. The lowest BCUT2D eigenvalue weighted by Gasteiger charge is -2.21. The molecule has 0 fully saturated rings. The molecule has 11 heavy (non-hydrogen) atoms. The quantitative estimate of drug-likeness (QED) is 0.561. The highest BCUT2D eigenvalue weighted by molar-refractivity contribution is 5.15. The van der Waals surface area contributed by atoms with Gasteiger partial charge in [-0.3, -0.25) is 0 Å². The molecule has 0 saturated carbocycles. The molecule has 0 bridgehead atoms. The van der Waals surface area contributed by atoms with Crippen molar-refractivity contribution >= 4 is 0 Å². The van der Waals surface area contributed by atoms with Gasteiger partial charge in [0.2, 0.25) is 0 Å². The maximum Gasteiger partial charge on any atom is 0.0319 e. The molecule has 0 N–H and O–H groups in total. The monoisotopic (exact) mass is 153 g/mol. The summed E-state index contributed by atoms with van der Waals surface area (Å²) in [4.78, 5) is 2.33. The molecule has 64 valence electrons. The van der Waals surface area contributed by atoms with Crippen molar-refractivity contribution in [3.05, 3.63) is 23.9 Å². The van der Waals surface area contributed by atoms with E-state index in [1.165, 1.54) is 5.70 Å². The van der Waals surface area contributed by atoms with Crippen molar-refractivity contribution in [3.8, 4) is 0 Å². The SMILES string of the molecule is C/C=C\C(=C/C)N(CC)CC. The topological polar surface area (TPSA) is 3.24 Å². The minimum absolute atomic E-state index is 1.08. The van der Waals surface area contributed by atoms with Crippen LogP contribution in [0.5, 0.6) is 0 Å². The van der Waals surface area contributed by atoms with Gasteiger partial charge < -0.3 is 4.90 Å². The number of likely N-dealkylation sites (N-methyl/N-ethyl adjacent to an activating group) is 1. The van der Waals surface area contributed by atoms with Crippen LogP contribution in [0.1, 0.15) is 27.7 Å². The fourth-order valence-electron chi connectivity index (χ4n) is 1.14. The van der Waals surface area contributed by atoms with Gasteiger partial charge >= 0.3 is 0 Å². The lowest BCUT2D eigenvalue weighted by atomic mass is 10.3. The first-order chi connectivity index (χ1) is 5.29. The van der Waals surface area contributed by atoms with Gasteiger partial charge in [-0.1, -0.05) is 12.2 Å². The van der Waals surface area contributed by atoms with Crippen LogP contribution in [0.4, 0.5) is 0 Å². The average Bonchev–Trinajstić information content (AvgIpc) is 2.05. The summed E-state index contributed by atoms with van der Waals surface area (Å²) in [6, 6.07) is 0. The molecule has 0 heterocycles. The first-order valence-corrected chi connectivity index (χ1v) is 4.34. The number of hydrogen-bond donors (Lipinski definition) is 0. The third kappa shape index (κ3) is 3.26. The summed E-state index contributed by atoms with van der Waals surface area (Å²) in [5.74, 6) is 0. The number of nitrogens with zero attached hydrogens (tertiary/aromatic N) is 1. The molecule has 0 aliphatic rings. The third-order valence-corrected chi connectivity index (χ3v) is 1.76. The summed E-state index contributed by atoms with van der Waals surface area (Å²) in [5.41, 5.74) is 1.32. The largest absolute Gasteiger partial charge is 0.372 e.